The highest BCUT2D eigenvalue weighted by Crippen LogP contribution is 2.27. The molecule has 1 saturated heterocycles. The van der Waals surface area contributed by atoms with Gasteiger partial charge in [0, 0.05) is 68.3 Å². The van der Waals surface area contributed by atoms with Crippen LogP contribution in [0.1, 0.15) is 44.2 Å². The molecule has 26 heavy (non-hydrogen) atoms. The Labute approximate surface area is 160 Å². The molecule has 3 heterocycles. The fraction of sp³-hybridized carbons (Fsp3) is 0.650. The van der Waals surface area contributed by atoms with E-state index in [-0.39, 0.29) is 6.61 Å². The molecule has 1 aliphatic heterocycles. The Hall–Kier alpha value is -1.21. The number of aromatic nitrogens is 2. The maximum Gasteiger partial charge on any atom is 0.193 e. The molecule has 0 aromatic carbocycles. The Morgan fingerprint density at radius 3 is 2.85 bits per heavy atom. The van der Waals surface area contributed by atoms with Crippen molar-refractivity contribution in [1.82, 2.24) is 19.4 Å². The lowest BCUT2D eigenvalue weighted by Gasteiger charge is -2.46. The lowest BCUT2D eigenvalue weighted by atomic mass is 9.92. The Kier molecular flexibility index (Phi) is 6.05. The summed E-state index contributed by atoms with van der Waals surface area (Å²) < 4.78 is 2.21. The number of aliphatic hydroxyl groups excluding tert-OH is 1. The predicted octanol–water partition coefficient (Wildman–Crippen LogP) is 3.14. The first-order chi connectivity index (χ1) is 12.8. The van der Waals surface area contributed by atoms with Gasteiger partial charge in [-0.05, 0) is 31.4 Å². The number of aliphatic hydroxyl groups is 1. The van der Waals surface area contributed by atoms with E-state index in [1.807, 2.05) is 11.6 Å². The number of thiazole rings is 1. The van der Waals surface area contributed by atoms with E-state index in [1.54, 1.807) is 11.3 Å². The molecule has 1 unspecified atom stereocenters. The van der Waals surface area contributed by atoms with Gasteiger partial charge in [-0.2, -0.15) is 0 Å². The smallest absolute Gasteiger partial charge is 0.193 e. The van der Waals surface area contributed by atoms with Gasteiger partial charge in [-0.15, -0.1) is 11.3 Å². The van der Waals surface area contributed by atoms with Crippen molar-refractivity contribution < 1.29 is 5.11 Å². The zero-order chi connectivity index (χ0) is 17.8. The van der Waals surface area contributed by atoms with E-state index in [0.29, 0.717) is 6.04 Å². The van der Waals surface area contributed by atoms with E-state index in [9.17, 15) is 5.11 Å². The molecule has 2 aromatic heterocycles. The van der Waals surface area contributed by atoms with Gasteiger partial charge in [0.05, 0.1) is 0 Å². The van der Waals surface area contributed by atoms with Crippen LogP contribution in [0.25, 0.3) is 5.13 Å². The second-order valence-electron chi connectivity index (χ2n) is 7.62. The van der Waals surface area contributed by atoms with Crippen molar-refractivity contribution in [3.05, 3.63) is 35.6 Å². The van der Waals surface area contributed by atoms with Crippen LogP contribution in [0, 0.1) is 0 Å². The zero-order valence-electron chi connectivity index (χ0n) is 15.5. The van der Waals surface area contributed by atoms with Crippen molar-refractivity contribution in [1.29, 1.82) is 0 Å². The van der Waals surface area contributed by atoms with Crippen molar-refractivity contribution in [2.24, 2.45) is 0 Å². The van der Waals surface area contributed by atoms with Crippen molar-refractivity contribution in [2.75, 3.05) is 26.2 Å². The van der Waals surface area contributed by atoms with Gasteiger partial charge in [-0.1, -0.05) is 19.3 Å². The molecule has 1 N–H and O–H groups in total. The van der Waals surface area contributed by atoms with Crippen molar-refractivity contribution in [2.45, 2.75) is 57.2 Å². The molecule has 2 aromatic rings. The van der Waals surface area contributed by atoms with Gasteiger partial charge in [0.25, 0.3) is 0 Å². The molecule has 0 amide bonds. The summed E-state index contributed by atoms with van der Waals surface area (Å²) in [6, 6.07) is 5.54. The largest absolute Gasteiger partial charge is 0.396 e. The van der Waals surface area contributed by atoms with Gasteiger partial charge in [0.1, 0.15) is 0 Å². The predicted molar refractivity (Wildman–Crippen MR) is 106 cm³/mol. The summed E-state index contributed by atoms with van der Waals surface area (Å²) in [4.78, 5) is 9.72. The van der Waals surface area contributed by atoms with E-state index in [4.69, 9.17) is 0 Å². The highest BCUT2D eigenvalue weighted by Gasteiger charge is 2.32. The summed E-state index contributed by atoms with van der Waals surface area (Å²) in [5, 5.41) is 12.7. The summed E-state index contributed by atoms with van der Waals surface area (Å²) in [7, 11) is 0. The second kappa shape index (κ2) is 8.65. The third-order valence-electron chi connectivity index (χ3n) is 5.96. The van der Waals surface area contributed by atoms with Crippen LogP contribution in [0.15, 0.2) is 29.9 Å². The quantitative estimate of drug-likeness (QED) is 0.844. The SMILES string of the molecule is OCCC1CN(Cc2cccn2-c2nccs2)CCN1C1CCCCC1. The van der Waals surface area contributed by atoms with Gasteiger partial charge in [-0.3, -0.25) is 14.4 Å². The van der Waals surface area contributed by atoms with Gasteiger partial charge in [0.2, 0.25) is 0 Å². The summed E-state index contributed by atoms with van der Waals surface area (Å²) >= 11 is 1.68. The molecule has 0 bridgehead atoms. The van der Waals surface area contributed by atoms with Crippen molar-refractivity contribution in [3.8, 4) is 5.13 Å². The van der Waals surface area contributed by atoms with Crippen LogP contribution in [0.4, 0.5) is 0 Å². The third-order valence-corrected chi connectivity index (χ3v) is 6.73. The molecule has 1 atom stereocenters. The Morgan fingerprint density at radius 1 is 1.19 bits per heavy atom. The molecule has 0 spiro atoms. The number of piperazine rings is 1. The first-order valence-corrected chi connectivity index (χ1v) is 10.9. The van der Waals surface area contributed by atoms with Crippen LogP contribution in [-0.4, -0.2) is 62.8 Å². The highest BCUT2D eigenvalue weighted by atomic mass is 32.1. The Bertz CT molecular complexity index is 665. The normalized spacial score (nSPS) is 23.5. The maximum absolute atomic E-state index is 9.59. The molecule has 142 valence electrons. The molecule has 5 nitrogen and oxygen atoms in total. The number of hydrogen-bond donors (Lipinski definition) is 1. The molecule has 4 rings (SSSR count). The standard InChI is InChI=1S/C20H30N4OS/c25-13-8-19-16-22(11-12-23(19)17-5-2-1-3-6-17)15-18-7-4-10-24(18)20-21-9-14-26-20/h4,7,9-10,14,17,19,25H,1-3,5-6,8,11-13,15-16H2. The second-order valence-corrected chi connectivity index (χ2v) is 8.49. The van der Waals surface area contributed by atoms with Gasteiger partial charge in [-0.25, -0.2) is 4.98 Å². The fourth-order valence-electron chi connectivity index (χ4n) is 4.67. The third kappa shape index (κ3) is 4.03. The molecular formula is C20H30N4OS. The average Bonchev–Trinajstić information content (AvgIpc) is 3.34. The minimum absolute atomic E-state index is 0.289. The molecular weight excluding hydrogens is 344 g/mol. The van der Waals surface area contributed by atoms with Gasteiger partial charge < -0.3 is 5.11 Å². The van der Waals surface area contributed by atoms with Crippen LogP contribution in [0.3, 0.4) is 0 Å². The Morgan fingerprint density at radius 2 is 2.08 bits per heavy atom. The highest BCUT2D eigenvalue weighted by molar-refractivity contribution is 7.12. The van der Waals surface area contributed by atoms with Crippen LogP contribution in [-0.2, 0) is 6.54 Å². The van der Waals surface area contributed by atoms with E-state index in [0.717, 1.165) is 43.8 Å². The summed E-state index contributed by atoms with van der Waals surface area (Å²) in [6.07, 6.45) is 11.7. The number of hydrogen-bond acceptors (Lipinski definition) is 5. The van der Waals surface area contributed by atoms with Crippen LogP contribution in [0.5, 0.6) is 0 Å². The molecule has 6 heteroatoms. The molecule has 1 aliphatic carbocycles. The van der Waals surface area contributed by atoms with Crippen LogP contribution in [0.2, 0.25) is 0 Å². The monoisotopic (exact) mass is 374 g/mol. The van der Waals surface area contributed by atoms with E-state index >= 15 is 0 Å². The molecule has 2 aliphatic rings. The lowest BCUT2D eigenvalue weighted by molar-refractivity contribution is 0.0131. The molecule has 1 saturated carbocycles. The van der Waals surface area contributed by atoms with E-state index in [2.05, 4.69) is 37.7 Å². The van der Waals surface area contributed by atoms with E-state index in [1.165, 1.54) is 37.8 Å². The maximum atomic E-state index is 9.59. The fourth-order valence-corrected chi connectivity index (χ4v) is 5.33. The minimum Gasteiger partial charge on any atom is -0.396 e. The zero-order valence-corrected chi connectivity index (χ0v) is 16.3. The van der Waals surface area contributed by atoms with Crippen LogP contribution >= 0.6 is 11.3 Å². The van der Waals surface area contributed by atoms with E-state index < -0.39 is 0 Å². The van der Waals surface area contributed by atoms with Crippen molar-refractivity contribution in [3.63, 3.8) is 0 Å². The summed E-state index contributed by atoms with van der Waals surface area (Å²) in [5.41, 5.74) is 1.30. The number of nitrogens with zero attached hydrogens (tertiary/aromatic N) is 4. The summed E-state index contributed by atoms with van der Waals surface area (Å²) in [6.45, 7) is 4.54. The van der Waals surface area contributed by atoms with Gasteiger partial charge >= 0.3 is 0 Å². The molecule has 2 fully saturated rings. The Balaban J connectivity index is 1.42. The van der Waals surface area contributed by atoms with Crippen molar-refractivity contribution >= 4 is 11.3 Å². The van der Waals surface area contributed by atoms with Crippen LogP contribution < -0.4 is 0 Å². The topological polar surface area (TPSA) is 44.5 Å². The number of rotatable bonds is 6. The average molecular weight is 375 g/mol. The van der Waals surface area contributed by atoms with Gasteiger partial charge in [0.15, 0.2) is 5.13 Å². The minimum atomic E-state index is 0.289. The first kappa shape index (κ1) is 18.2. The summed E-state index contributed by atoms with van der Waals surface area (Å²) in [5.74, 6) is 0. The molecule has 0 radical (unpaired) electrons. The first-order valence-electron chi connectivity index (χ1n) is 10.00. The lowest BCUT2D eigenvalue weighted by Crippen LogP contribution is -2.56.